The van der Waals surface area contributed by atoms with E-state index in [4.69, 9.17) is 4.42 Å². The molecule has 1 unspecified atom stereocenters. The molecule has 1 N–H and O–H groups in total. The molecule has 4 nitrogen and oxygen atoms in total. The third-order valence-corrected chi connectivity index (χ3v) is 5.26. The van der Waals surface area contributed by atoms with Gasteiger partial charge in [0.05, 0.1) is 11.2 Å². The number of hydrogen-bond donors (Lipinski definition) is 1. The lowest BCUT2D eigenvalue weighted by molar-refractivity contribution is 0.479. The van der Waals surface area contributed by atoms with Crippen molar-refractivity contribution in [3.63, 3.8) is 0 Å². The van der Waals surface area contributed by atoms with Gasteiger partial charge in [-0.15, -0.1) is 0 Å². The Labute approximate surface area is 126 Å². The van der Waals surface area contributed by atoms with E-state index in [1.807, 2.05) is 39.8 Å². The van der Waals surface area contributed by atoms with Gasteiger partial charge < -0.3 is 4.42 Å². The van der Waals surface area contributed by atoms with Crippen molar-refractivity contribution in [2.75, 3.05) is 0 Å². The molecule has 0 saturated heterocycles. The molecule has 0 aliphatic heterocycles. The van der Waals surface area contributed by atoms with Crippen molar-refractivity contribution in [1.82, 2.24) is 4.72 Å². The first kappa shape index (κ1) is 15.8. The van der Waals surface area contributed by atoms with E-state index >= 15 is 0 Å². The topological polar surface area (TPSA) is 59.3 Å². The van der Waals surface area contributed by atoms with Gasteiger partial charge in [-0.3, -0.25) is 0 Å². The first-order valence-corrected chi connectivity index (χ1v) is 8.40. The Morgan fingerprint density at radius 3 is 2.43 bits per heavy atom. The van der Waals surface area contributed by atoms with Crippen molar-refractivity contribution < 1.29 is 12.8 Å². The molecule has 2 rings (SSSR count). The number of nitrogens with one attached hydrogen (secondary N) is 1. The van der Waals surface area contributed by atoms with Gasteiger partial charge in [0.1, 0.15) is 5.76 Å². The molecule has 0 aliphatic rings. The second-order valence-corrected chi connectivity index (χ2v) is 7.19. The normalized spacial score (nSPS) is 13.3. The quantitative estimate of drug-likeness (QED) is 0.923. The maximum absolute atomic E-state index is 12.5. The number of aryl methyl sites for hydroxylation is 3. The predicted molar refractivity (Wildman–Crippen MR) is 82.8 cm³/mol. The molecule has 1 aromatic carbocycles. The van der Waals surface area contributed by atoms with Crippen LogP contribution >= 0.6 is 0 Å². The summed E-state index contributed by atoms with van der Waals surface area (Å²) in [7, 11) is -3.52. The van der Waals surface area contributed by atoms with Crippen LogP contribution in [-0.2, 0) is 16.4 Å². The number of furan rings is 1. The van der Waals surface area contributed by atoms with Crippen molar-refractivity contribution in [3.8, 4) is 0 Å². The Balaban J connectivity index is 2.20. The molecule has 2 aromatic rings. The maximum Gasteiger partial charge on any atom is 0.241 e. The third kappa shape index (κ3) is 3.74. The fourth-order valence-electron chi connectivity index (χ4n) is 2.32. The van der Waals surface area contributed by atoms with Crippen LogP contribution in [-0.4, -0.2) is 14.5 Å². The molecule has 1 aromatic heterocycles. The van der Waals surface area contributed by atoms with Gasteiger partial charge in [0, 0.05) is 12.5 Å². The van der Waals surface area contributed by atoms with Crippen molar-refractivity contribution in [2.24, 2.45) is 0 Å². The summed E-state index contributed by atoms with van der Waals surface area (Å²) < 4.78 is 33.0. The monoisotopic (exact) mass is 307 g/mol. The number of sulfonamides is 1. The highest BCUT2D eigenvalue weighted by Crippen LogP contribution is 2.20. The van der Waals surface area contributed by atoms with Crippen LogP contribution in [0.15, 0.2) is 39.8 Å². The molecule has 0 radical (unpaired) electrons. The van der Waals surface area contributed by atoms with E-state index in [0.717, 1.165) is 22.5 Å². The van der Waals surface area contributed by atoms with E-state index < -0.39 is 10.0 Å². The largest absolute Gasteiger partial charge is 0.469 e. The van der Waals surface area contributed by atoms with Crippen LogP contribution < -0.4 is 4.72 Å². The smallest absolute Gasteiger partial charge is 0.241 e. The van der Waals surface area contributed by atoms with Gasteiger partial charge in [-0.05, 0) is 62.6 Å². The highest BCUT2D eigenvalue weighted by Gasteiger charge is 2.20. The van der Waals surface area contributed by atoms with Crippen molar-refractivity contribution in [2.45, 2.75) is 45.1 Å². The van der Waals surface area contributed by atoms with Gasteiger partial charge in [0.25, 0.3) is 0 Å². The number of hydrogen-bond acceptors (Lipinski definition) is 3. The predicted octanol–water partition coefficient (Wildman–Crippen LogP) is 3.11. The second-order valence-electron chi connectivity index (χ2n) is 5.51. The zero-order chi connectivity index (χ0) is 15.6. The van der Waals surface area contributed by atoms with Crippen LogP contribution in [0.3, 0.4) is 0 Å². The molecular weight excluding hydrogens is 286 g/mol. The van der Waals surface area contributed by atoms with Gasteiger partial charge in [0.15, 0.2) is 0 Å². The zero-order valence-corrected chi connectivity index (χ0v) is 13.6. The Morgan fingerprint density at radius 1 is 1.14 bits per heavy atom. The molecule has 114 valence electrons. The molecule has 0 amide bonds. The Hall–Kier alpha value is -1.59. The molecule has 1 heterocycles. The molecule has 0 saturated carbocycles. The van der Waals surface area contributed by atoms with E-state index in [1.165, 1.54) is 0 Å². The molecular formula is C16H21NO3S. The van der Waals surface area contributed by atoms with Crippen molar-refractivity contribution >= 4 is 10.0 Å². The summed E-state index contributed by atoms with van der Waals surface area (Å²) >= 11 is 0. The Morgan fingerprint density at radius 2 is 1.81 bits per heavy atom. The highest BCUT2D eigenvalue weighted by atomic mass is 32.2. The molecule has 0 spiro atoms. The fraction of sp³-hybridized carbons (Fsp3) is 0.375. The van der Waals surface area contributed by atoms with E-state index in [9.17, 15) is 8.42 Å². The summed E-state index contributed by atoms with van der Waals surface area (Å²) in [5.74, 6) is 0.766. The van der Waals surface area contributed by atoms with Crippen molar-refractivity contribution in [3.05, 3.63) is 53.0 Å². The highest BCUT2D eigenvalue weighted by molar-refractivity contribution is 7.89. The summed E-state index contributed by atoms with van der Waals surface area (Å²) in [4.78, 5) is 0.344. The molecule has 5 heteroatoms. The van der Waals surface area contributed by atoms with Crippen molar-refractivity contribution in [1.29, 1.82) is 0 Å². The SMILES string of the molecule is Cc1cc(C)c(S(=O)(=O)NC(C)Cc2ccco2)cc1C. The first-order chi connectivity index (χ1) is 9.79. The van der Waals surface area contributed by atoms with Gasteiger partial charge in [0.2, 0.25) is 10.0 Å². The summed E-state index contributed by atoms with van der Waals surface area (Å²) in [6.45, 7) is 7.54. The summed E-state index contributed by atoms with van der Waals surface area (Å²) in [5.41, 5.74) is 2.82. The minimum Gasteiger partial charge on any atom is -0.469 e. The summed E-state index contributed by atoms with van der Waals surface area (Å²) in [6, 6.07) is 7.03. The van der Waals surface area contributed by atoms with Crippen LogP contribution in [0.2, 0.25) is 0 Å². The molecule has 0 aliphatic carbocycles. The minimum absolute atomic E-state index is 0.234. The van der Waals surface area contributed by atoms with Crippen LogP contribution in [0, 0.1) is 20.8 Å². The fourth-order valence-corrected chi connectivity index (χ4v) is 3.88. The molecule has 1 atom stereocenters. The van der Waals surface area contributed by atoms with Gasteiger partial charge in [-0.2, -0.15) is 0 Å². The van der Waals surface area contributed by atoms with Crippen LogP contribution in [0.5, 0.6) is 0 Å². The van der Waals surface area contributed by atoms with Crippen LogP contribution in [0.1, 0.15) is 29.4 Å². The second kappa shape index (κ2) is 6.03. The molecule has 0 fully saturated rings. The van der Waals surface area contributed by atoms with E-state index in [1.54, 1.807) is 18.4 Å². The van der Waals surface area contributed by atoms with Gasteiger partial charge in [-0.25, -0.2) is 13.1 Å². The van der Waals surface area contributed by atoms with E-state index in [0.29, 0.717) is 11.3 Å². The lowest BCUT2D eigenvalue weighted by Crippen LogP contribution is -2.34. The Kier molecular flexibility index (Phi) is 4.54. The standard InChI is InChI=1S/C16H21NO3S/c1-11-8-13(3)16(9-12(11)2)21(18,19)17-14(4)10-15-6-5-7-20-15/h5-9,14,17H,10H2,1-4H3. The zero-order valence-electron chi connectivity index (χ0n) is 12.8. The van der Waals surface area contributed by atoms with Gasteiger partial charge >= 0.3 is 0 Å². The third-order valence-electron chi connectivity index (χ3n) is 3.52. The lowest BCUT2D eigenvalue weighted by atomic mass is 10.1. The lowest BCUT2D eigenvalue weighted by Gasteiger charge is -2.16. The minimum atomic E-state index is -3.52. The number of benzene rings is 1. The Bertz CT molecular complexity index is 718. The summed E-state index contributed by atoms with van der Waals surface area (Å²) in [6.07, 6.45) is 2.11. The van der Waals surface area contributed by atoms with E-state index in [2.05, 4.69) is 4.72 Å². The van der Waals surface area contributed by atoms with Crippen LogP contribution in [0.25, 0.3) is 0 Å². The average molecular weight is 307 g/mol. The van der Waals surface area contributed by atoms with Crippen LogP contribution in [0.4, 0.5) is 0 Å². The molecule has 0 bridgehead atoms. The molecule has 21 heavy (non-hydrogen) atoms. The average Bonchev–Trinajstić information content (AvgIpc) is 2.85. The summed E-state index contributed by atoms with van der Waals surface area (Å²) in [5, 5.41) is 0. The number of rotatable bonds is 5. The van der Waals surface area contributed by atoms with Gasteiger partial charge in [-0.1, -0.05) is 6.07 Å². The first-order valence-electron chi connectivity index (χ1n) is 6.92. The maximum atomic E-state index is 12.5. The van der Waals surface area contributed by atoms with E-state index in [-0.39, 0.29) is 6.04 Å².